The maximum atomic E-state index is 13.2. The van der Waals surface area contributed by atoms with Crippen molar-refractivity contribution in [2.75, 3.05) is 13.2 Å². The van der Waals surface area contributed by atoms with Gasteiger partial charge in [0.2, 0.25) is 0 Å². The first-order valence-corrected chi connectivity index (χ1v) is 7.15. The maximum Gasteiger partial charge on any atom is 0.251 e. The van der Waals surface area contributed by atoms with Crippen LogP contribution < -0.4 is 15.8 Å². The van der Waals surface area contributed by atoms with Crippen molar-refractivity contribution in [2.24, 2.45) is 11.1 Å². The van der Waals surface area contributed by atoms with Crippen molar-refractivity contribution >= 4 is 5.91 Å². The molecule has 1 aliphatic carbocycles. The molecule has 0 radical (unpaired) electrons. The Labute approximate surface area is 124 Å². The van der Waals surface area contributed by atoms with E-state index >= 15 is 0 Å². The van der Waals surface area contributed by atoms with Crippen LogP contribution in [0.4, 0.5) is 4.39 Å². The minimum absolute atomic E-state index is 0.126. The standard InChI is InChI=1S/C16H23FN2O2/c1-15(2,3)19-14(20)11-4-6-12(7-5-11)21-10-16(9-18)8-13(16)17/h4-7,13H,8-10,18H2,1-3H3,(H,19,20)/t13-,16-/m0/s1. The second-order valence-corrected chi connectivity index (χ2v) is 6.76. The third-order valence-corrected chi connectivity index (χ3v) is 3.63. The van der Waals surface area contributed by atoms with Gasteiger partial charge < -0.3 is 15.8 Å². The van der Waals surface area contributed by atoms with Gasteiger partial charge in [0.15, 0.2) is 0 Å². The van der Waals surface area contributed by atoms with E-state index in [9.17, 15) is 9.18 Å². The van der Waals surface area contributed by atoms with Gasteiger partial charge in [0.1, 0.15) is 11.9 Å². The van der Waals surface area contributed by atoms with Gasteiger partial charge in [-0.2, -0.15) is 0 Å². The van der Waals surface area contributed by atoms with Crippen molar-refractivity contribution in [3.05, 3.63) is 29.8 Å². The van der Waals surface area contributed by atoms with Crippen LogP contribution in [-0.2, 0) is 0 Å². The van der Waals surface area contributed by atoms with Crippen LogP contribution in [0.5, 0.6) is 5.75 Å². The number of halogens is 1. The Balaban J connectivity index is 1.92. The Morgan fingerprint density at radius 2 is 2.00 bits per heavy atom. The van der Waals surface area contributed by atoms with Crippen molar-refractivity contribution in [1.29, 1.82) is 0 Å². The zero-order valence-corrected chi connectivity index (χ0v) is 12.8. The first-order chi connectivity index (χ1) is 9.76. The lowest BCUT2D eigenvalue weighted by atomic mass is 10.1. The average molecular weight is 294 g/mol. The summed E-state index contributed by atoms with van der Waals surface area (Å²) in [6, 6.07) is 6.84. The molecule has 1 aromatic carbocycles. The van der Waals surface area contributed by atoms with E-state index < -0.39 is 11.6 Å². The number of carbonyl (C=O) groups is 1. The molecule has 2 atom stereocenters. The van der Waals surface area contributed by atoms with Crippen molar-refractivity contribution < 1.29 is 13.9 Å². The summed E-state index contributed by atoms with van der Waals surface area (Å²) in [7, 11) is 0. The molecule has 1 aliphatic rings. The Morgan fingerprint density at radius 3 is 2.43 bits per heavy atom. The molecule has 5 heteroatoms. The zero-order chi connectivity index (χ0) is 15.7. The summed E-state index contributed by atoms with van der Waals surface area (Å²) >= 11 is 0. The molecule has 1 fully saturated rings. The molecule has 0 bridgehead atoms. The minimum Gasteiger partial charge on any atom is -0.493 e. The molecule has 116 valence electrons. The van der Waals surface area contributed by atoms with Gasteiger partial charge in [-0.25, -0.2) is 4.39 Å². The Bertz CT molecular complexity index is 506. The molecule has 4 nitrogen and oxygen atoms in total. The summed E-state index contributed by atoms with van der Waals surface area (Å²) < 4.78 is 18.8. The third kappa shape index (κ3) is 3.94. The van der Waals surface area contributed by atoms with E-state index in [1.165, 1.54) is 0 Å². The highest BCUT2D eigenvalue weighted by Crippen LogP contribution is 2.47. The second-order valence-electron chi connectivity index (χ2n) is 6.76. The summed E-state index contributed by atoms with van der Waals surface area (Å²) in [5.74, 6) is 0.493. The number of alkyl halides is 1. The molecule has 1 saturated carbocycles. The van der Waals surface area contributed by atoms with Crippen LogP contribution in [0.3, 0.4) is 0 Å². The lowest BCUT2D eigenvalue weighted by Crippen LogP contribution is -2.40. The normalized spacial score (nSPS) is 24.5. The highest BCUT2D eigenvalue weighted by Gasteiger charge is 2.55. The fraction of sp³-hybridized carbons (Fsp3) is 0.562. The number of amides is 1. The zero-order valence-electron chi connectivity index (χ0n) is 12.8. The molecule has 0 aromatic heterocycles. The summed E-state index contributed by atoms with van der Waals surface area (Å²) in [5.41, 5.74) is 5.36. The molecule has 0 spiro atoms. The van der Waals surface area contributed by atoms with E-state index in [1.54, 1.807) is 24.3 Å². The quantitative estimate of drug-likeness (QED) is 0.875. The topological polar surface area (TPSA) is 64.3 Å². The molecular weight excluding hydrogens is 271 g/mol. The molecule has 2 rings (SSSR count). The molecule has 0 saturated heterocycles. The lowest BCUT2D eigenvalue weighted by Gasteiger charge is -2.20. The number of nitrogens with two attached hydrogens (primary N) is 1. The first-order valence-electron chi connectivity index (χ1n) is 7.15. The summed E-state index contributed by atoms with van der Waals surface area (Å²) in [6.07, 6.45) is -0.394. The van der Waals surface area contributed by atoms with Crippen LogP contribution in [0.15, 0.2) is 24.3 Å². The lowest BCUT2D eigenvalue weighted by molar-refractivity contribution is 0.0919. The van der Waals surface area contributed by atoms with Crippen LogP contribution >= 0.6 is 0 Å². The maximum absolute atomic E-state index is 13.2. The van der Waals surface area contributed by atoms with E-state index in [0.717, 1.165) is 0 Å². The van der Waals surface area contributed by atoms with Crippen molar-refractivity contribution in [3.8, 4) is 5.75 Å². The number of ether oxygens (including phenoxy) is 1. The Kier molecular flexibility index (Phi) is 4.23. The summed E-state index contributed by atoms with van der Waals surface area (Å²) in [4.78, 5) is 12.0. The fourth-order valence-electron chi connectivity index (χ4n) is 2.06. The largest absolute Gasteiger partial charge is 0.493 e. The Hall–Kier alpha value is -1.62. The van der Waals surface area contributed by atoms with Gasteiger partial charge in [-0.15, -0.1) is 0 Å². The Morgan fingerprint density at radius 1 is 1.43 bits per heavy atom. The van der Waals surface area contributed by atoms with E-state index in [4.69, 9.17) is 10.5 Å². The predicted molar refractivity (Wildman–Crippen MR) is 80.2 cm³/mol. The number of hydrogen-bond donors (Lipinski definition) is 2. The molecule has 0 heterocycles. The number of nitrogens with one attached hydrogen (secondary N) is 1. The number of carbonyl (C=O) groups excluding carboxylic acids is 1. The number of hydrogen-bond acceptors (Lipinski definition) is 3. The number of benzene rings is 1. The fourth-order valence-corrected chi connectivity index (χ4v) is 2.06. The van der Waals surface area contributed by atoms with Crippen LogP contribution in [-0.4, -0.2) is 30.8 Å². The van der Waals surface area contributed by atoms with Gasteiger partial charge in [-0.1, -0.05) is 0 Å². The van der Waals surface area contributed by atoms with Gasteiger partial charge in [0.05, 0.1) is 12.0 Å². The molecule has 1 amide bonds. The van der Waals surface area contributed by atoms with Crippen LogP contribution in [0.2, 0.25) is 0 Å². The molecular formula is C16H23FN2O2. The molecule has 0 unspecified atom stereocenters. The second kappa shape index (κ2) is 5.64. The molecule has 1 aromatic rings. The number of rotatable bonds is 5. The van der Waals surface area contributed by atoms with Crippen molar-refractivity contribution in [3.63, 3.8) is 0 Å². The van der Waals surface area contributed by atoms with Gasteiger partial charge in [0, 0.05) is 17.6 Å². The van der Waals surface area contributed by atoms with E-state index in [2.05, 4.69) is 5.32 Å². The molecule has 0 aliphatic heterocycles. The highest BCUT2D eigenvalue weighted by molar-refractivity contribution is 5.94. The predicted octanol–water partition coefficient (Wildman–Crippen LogP) is 2.28. The highest BCUT2D eigenvalue weighted by atomic mass is 19.1. The van der Waals surface area contributed by atoms with Gasteiger partial charge in [-0.3, -0.25) is 4.79 Å². The summed E-state index contributed by atoms with van der Waals surface area (Å²) in [6.45, 7) is 6.35. The van der Waals surface area contributed by atoms with Gasteiger partial charge in [-0.05, 0) is 51.5 Å². The van der Waals surface area contributed by atoms with Crippen molar-refractivity contribution in [2.45, 2.75) is 38.9 Å². The van der Waals surface area contributed by atoms with E-state index in [-0.39, 0.29) is 18.1 Å². The van der Waals surface area contributed by atoms with Crippen LogP contribution in [0.1, 0.15) is 37.6 Å². The smallest absolute Gasteiger partial charge is 0.251 e. The monoisotopic (exact) mass is 294 g/mol. The average Bonchev–Trinajstić information content (AvgIpc) is 3.06. The first kappa shape index (κ1) is 15.8. The van der Waals surface area contributed by atoms with Crippen LogP contribution in [0, 0.1) is 5.41 Å². The molecule has 21 heavy (non-hydrogen) atoms. The van der Waals surface area contributed by atoms with Crippen LogP contribution in [0.25, 0.3) is 0 Å². The van der Waals surface area contributed by atoms with E-state index in [1.807, 2.05) is 20.8 Å². The van der Waals surface area contributed by atoms with Gasteiger partial charge in [0.25, 0.3) is 5.91 Å². The van der Waals surface area contributed by atoms with Crippen molar-refractivity contribution in [1.82, 2.24) is 5.32 Å². The van der Waals surface area contributed by atoms with E-state index in [0.29, 0.717) is 24.3 Å². The third-order valence-electron chi connectivity index (χ3n) is 3.63. The SMILES string of the molecule is CC(C)(C)NC(=O)c1ccc(OC[C@@]2(CN)C[C@@H]2F)cc1. The van der Waals surface area contributed by atoms with Gasteiger partial charge >= 0.3 is 0 Å². The summed E-state index contributed by atoms with van der Waals surface area (Å²) in [5, 5.41) is 2.89. The molecule has 3 N–H and O–H groups in total. The minimum atomic E-state index is -0.862.